The zero-order chi connectivity index (χ0) is 16.3. The lowest BCUT2D eigenvalue weighted by atomic mass is 10.2. The van der Waals surface area contributed by atoms with E-state index in [0.29, 0.717) is 21.4 Å². The Morgan fingerprint density at radius 3 is 2.86 bits per heavy atom. The molecule has 0 aromatic carbocycles. The Balaban J connectivity index is 2.26. The van der Waals surface area contributed by atoms with Gasteiger partial charge in [-0.3, -0.25) is 9.69 Å². The zero-order valence-electron chi connectivity index (χ0n) is 12.2. The van der Waals surface area contributed by atoms with Crippen LogP contribution in [0.5, 0.6) is 0 Å². The zero-order valence-corrected chi connectivity index (χ0v) is 14.6. The number of carbonyl (C=O) groups excluding carboxylic acids is 1. The Morgan fingerprint density at radius 2 is 2.32 bits per heavy atom. The van der Waals surface area contributed by atoms with Crippen molar-refractivity contribution in [3.63, 3.8) is 0 Å². The molecule has 0 radical (unpaired) electrons. The molecule has 118 valence electrons. The smallest absolute Gasteiger partial charge is 0.326 e. The molecule has 2 heterocycles. The van der Waals surface area contributed by atoms with E-state index in [-0.39, 0.29) is 5.91 Å². The van der Waals surface area contributed by atoms with Gasteiger partial charge in [0.15, 0.2) is 0 Å². The molecule has 1 aromatic heterocycles. The van der Waals surface area contributed by atoms with Crippen molar-refractivity contribution >= 4 is 58.0 Å². The van der Waals surface area contributed by atoms with E-state index < -0.39 is 12.0 Å². The number of hydrogen-bond acceptors (Lipinski definition) is 5. The van der Waals surface area contributed by atoms with Gasteiger partial charge in [0.05, 0.1) is 4.91 Å². The monoisotopic (exact) mass is 356 g/mol. The number of hydrogen-bond donors (Lipinski definition) is 1. The normalized spacial score (nSPS) is 18.3. The number of rotatable bonds is 6. The predicted molar refractivity (Wildman–Crippen MR) is 94.8 cm³/mol. The largest absolute Gasteiger partial charge is 0.480 e. The molecule has 1 fully saturated rings. The van der Waals surface area contributed by atoms with E-state index in [4.69, 9.17) is 12.2 Å². The van der Waals surface area contributed by atoms with Crippen LogP contribution in [0.1, 0.15) is 12.1 Å². The summed E-state index contributed by atoms with van der Waals surface area (Å²) >= 11 is 7.92. The molecule has 0 aliphatic carbocycles. The number of amides is 1. The molecule has 0 unspecified atom stereocenters. The minimum atomic E-state index is -1.02. The van der Waals surface area contributed by atoms with Crippen LogP contribution in [0.4, 0.5) is 0 Å². The minimum absolute atomic E-state index is 0.305. The molecule has 1 N–H and O–H groups in total. The molecule has 1 aliphatic rings. The molecule has 0 spiro atoms. The molecule has 1 saturated heterocycles. The molecular formula is C14H16N2O3S3. The summed E-state index contributed by atoms with van der Waals surface area (Å²) in [6, 6.07) is 2.86. The lowest BCUT2D eigenvalue weighted by Gasteiger charge is -2.22. The lowest BCUT2D eigenvalue weighted by Crippen LogP contribution is -2.44. The summed E-state index contributed by atoms with van der Waals surface area (Å²) in [7, 11) is 1.88. The Hall–Kier alpha value is -1.25. The highest BCUT2D eigenvalue weighted by Gasteiger charge is 2.40. The highest BCUT2D eigenvalue weighted by molar-refractivity contribution is 8.26. The number of nitrogens with zero attached hydrogens (tertiary/aromatic N) is 2. The van der Waals surface area contributed by atoms with Crippen molar-refractivity contribution in [1.29, 1.82) is 0 Å². The van der Waals surface area contributed by atoms with Gasteiger partial charge in [-0.05, 0) is 36.6 Å². The second-order valence-electron chi connectivity index (χ2n) is 4.73. The van der Waals surface area contributed by atoms with Gasteiger partial charge in [-0.2, -0.15) is 11.8 Å². The second kappa shape index (κ2) is 7.34. The van der Waals surface area contributed by atoms with E-state index in [2.05, 4.69) is 0 Å². The summed E-state index contributed by atoms with van der Waals surface area (Å²) in [6.07, 6.45) is 5.90. The molecule has 0 saturated carbocycles. The molecule has 0 bridgehead atoms. The average Bonchev–Trinajstić information content (AvgIpc) is 2.97. The van der Waals surface area contributed by atoms with E-state index >= 15 is 0 Å². The summed E-state index contributed by atoms with van der Waals surface area (Å²) < 4.78 is 2.19. The summed E-state index contributed by atoms with van der Waals surface area (Å²) in [4.78, 5) is 25.7. The number of carboxylic acids is 1. The van der Waals surface area contributed by atoms with Crippen molar-refractivity contribution in [2.45, 2.75) is 12.5 Å². The topological polar surface area (TPSA) is 62.5 Å². The molecule has 5 nitrogen and oxygen atoms in total. The minimum Gasteiger partial charge on any atom is -0.480 e. The van der Waals surface area contributed by atoms with Gasteiger partial charge in [-0.25, -0.2) is 4.79 Å². The maximum atomic E-state index is 12.5. The van der Waals surface area contributed by atoms with Crippen LogP contribution in [-0.4, -0.2) is 48.8 Å². The summed E-state index contributed by atoms with van der Waals surface area (Å²) in [6.45, 7) is 0. The molecule has 1 atom stereocenters. The average molecular weight is 356 g/mol. The predicted octanol–water partition coefficient (Wildman–Crippen LogP) is 2.43. The van der Waals surface area contributed by atoms with Crippen LogP contribution in [-0.2, 0) is 16.6 Å². The number of aryl methyl sites for hydroxylation is 1. The summed E-state index contributed by atoms with van der Waals surface area (Å²) in [5, 5.41) is 9.39. The van der Waals surface area contributed by atoms with Gasteiger partial charge in [-0.1, -0.05) is 24.0 Å². The first kappa shape index (κ1) is 17.1. The standard InChI is InChI=1S/C14H16N2O3S3/c1-15-6-3-4-9(15)8-11-12(17)16(14(20)22-11)10(13(18)19)5-7-21-2/h3-4,6,8,10H,5,7H2,1-2H3,(H,18,19)/b11-8+/t10-/m1/s1. The fourth-order valence-electron chi connectivity index (χ4n) is 2.10. The third kappa shape index (κ3) is 3.56. The number of thiocarbonyl (C=S) groups is 1. The van der Waals surface area contributed by atoms with Crippen molar-refractivity contribution in [3.8, 4) is 0 Å². The van der Waals surface area contributed by atoms with Crippen LogP contribution >= 0.6 is 35.7 Å². The number of carbonyl (C=O) groups is 2. The van der Waals surface area contributed by atoms with Crippen molar-refractivity contribution in [2.75, 3.05) is 12.0 Å². The molecule has 1 amide bonds. The van der Waals surface area contributed by atoms with Gasteiger partial charge in [0.25, 0.3) is 5.91 Å². The van der Waals surface area contributed by atoms with Crippen molar-refractivity contribution < 1.29 is 14.7 Å². The Bertz CT molecular complexity index is 639. The molecule has 2 rings (SSSR count). The van der Waals surface area contributed by atoms with E-state index in [1.165, 1.54) is 4.90 Å². The quantitative estimate of drug-likeness (QED) is 0.624. The van der Waals surface area contributed by atoms with E-state index in [9.17, 15) is 14.7 Å². The third-order valence-electron chi connectivity index (χ3n) is 3.28. The van der Waals surface area contributed by atoms with Crippen molar-refractivity contribution in [1.82, 2.24) is 9.47 Å². The highest BCUT2D eigenvalue weighted by Crippen LogP contribution is 2.34. The maximum Gasteiger partial charge on any atom is 0.326 e. The fraction of sp³-hybridized carbons (Fsp3) is 0.357. The molecular weight excluding hydrogens is 340 g/mol. The second-order valence-corrected chi connectivity index (χ2v) is 7.39. The van der Waals surface area contributed by atoms with Crippen LogP contribution < -0.4 is 0 Å². The van der Waals surface area contributed by atoms with Crippen molar-refractivity contribution in [2.24, 2.45) is 7.05 Å². The van der Waals surface area contributed by atoms with Crippen molar-refractivity contribution in [3.05, 3.63) is 28.9 Å². The van der Waals surface area contributed by atoms with Crippen LogP contribution in [0.15, 0.2) is 23.2 Å². The maximum absolute atomic E-state index is 12.5. The number of thioether (sulfide) groups is 2. The first-order valence-electron chi connectivity index (χ1n) is 6.56. The van der Waals surface area contributed by atoms with Gasteiger partial charge >= 0.3 is 5.97 Å². The van der Waals surface area contributed by atoms with Gasteiger partial charge in [0.2, 0.25) is 0 Å². The van der Waals surface area contributed by atoms with E-state index in [1.807, 2.05) is 36.2 Å². The first-order chi connectivity index (χ1) is 10.5. The van der Waals surface area contributed by atoms with Crippen LogP contribution in [0.2, 0.25) is 0 Å². The van der Waals surface area contributed by atoms with E-state index in [1.54, 1.807) is 17.8 Å². The third-order valence-corrected chi connectivity index (χ3v) is 5.25. The number of aliphatic carboxylic acids is 1. The number of aromatic nitrogens is 1. The van der Waals surface area contributed by atoms with Crippen LogP contribution in [0.25, 0.3) is 6.08 Å². The summed E-state index contributed by atoms with van der Waals surface area (Å²) in [5.41, 5.74) is 0.872. The highest BCUT2D eigenvalue weighted by atomic mass is 32.2. The van der Waals surface area contributed by atoms with Crippen LogP contribution in [0, 0.1) is 0 Å². The lowest BCUT2D eigenvalue weighted by molar-refractivity contribution is -0.145. The Kier molecular flexibility index (Phi) is 5.71. The molecule has 8 heteroatoms. The molecule has 22 heavy (non-hydrogen) atoms. The molecule has 1 aliphatic heterocycles. The SMILES string of the molecule is CSCC[C@H](C(=O)O)N1C(=O)/C(=C\c2cccn2C)SC1=S. The van der Waals surface area contributed by atoms with Gasteiger partial charge in [-0.15, -0.1) is 0 Å². The molecule has 1 aromatic rings. The first-order valence-corrected chi connectivity index (χ1v) is 9.17. The Morgan fingerprint density at radius 1 is 1.59 bits per heavy atom. The van der Waals surface area contributed by atoms with Gasteiger partial charge in [0.1, 0.15) is 10.4 Å². The van der Waals surface area contributed by atoms with Crippen LogP contribution in [0.3, 0.4) is 0 Å². The van der Waals surface area contributed by atoms with Gasteiger partial charge in [0, 0.05) is 18.9 Å². The fourth-order valence-corrected chi connectivity index (χ4v) is 3.90. The Labute approximate surface area is 142 Å². The van der Waals surface area contributed by atoms with Gasteiger partial charge < -0.3 is 9.67 Å². The number of carboxylic acid groups (broad SMARTS) is 1. The summed E-state index contributed by atoms with van der Waals surface area (Å²) in [5.74, 6) is -0.694. The van der Waals surface area contributed by atoms with E-state index in [0.717, 1.165) is 17.5 Å².